The van der Waals surface area contributed by atoms with Gasteiger partial charge >= 0.3 is 6.09 Å². The second-order valence-corrected chi connectivity index (χ2v) is 4.90. The fourth-order valence-corrected chi connectivity index (χ4v) is 2.89. The lowest BCUT2D eigenvalue weighted by molar-refractivity contribution is 0.148. The molecule has 0 heterocycles. The van der Waals surface area contributed by atoms with Crippen LogP contribution in [0.4, 0.5) is 4.79 Å². The van der Waals surface area contributed by atoms with Gasteiger partial charge in [-0.3, -0.25) is 0 Å². The van der Waals surface area contributed by atoms with Crippen molar-refractivity contribution in [3.05, 3.63) is 47.5 Å². The van der Waals surface area contributed by atoms with E-state index in [0.29, 0.717) is 6.61 Å². The summed E-state index contributed by atoms with van der Waals surface area (Å²) in [5, 5.41) is 5.58. The fourth-order valence-electron chi connectivity index (χ4n) is 2.89. The molecule has 3 heteroatoms. The van der Waals surface area contributed by atoms with Gasteiger partial charge in [-0.25, -0.2) is 4.79 Å². The van der Waals surface area contributed by atoms with Crippen LogP contribution in [0.15, 0.2) is 36.4 Å². The van der Waals surface area contributed by atoms with Crippen molar-refractivity contribution >= 4 is 16.9 Å². The molecule has 0 saturated carbocycles. The van der Waals surface area contributed by atoms with E-state index in [1.54, 1.807) is 0 Å². The Morgan fingerprint density at radius 3 is 2.42 bits per heavy atom. The van der Waals surface area contributed by atoms with Gasteiger partial charge in [0.15, 0.2) is 0 Å². The van der Waals surface area contributed by atoms with E-state index in [-0.39, 0.29) is 12.1 Å². The Bertz CT molecular complexity index is 580. The Hall–Kier alpha value is -2.03. The van der Waals surface area contributed by atoms with Crippen LogP contribution in [0.1, 0.15) is 18.1 Å². The first-order valence-electron chi connectivity index (χ1n) is 6.70. The minimum absolute atomic E-state index is 0.125. The molecule has 19 heavy (non-hydrogen) atoms. The third kappa shape index (κ3) is 2.28. The molecule has 3 rings (SSSR count). The smallest absolute Gasteiger partial charge is 0.407 e. The average molecular weight is 255 g/mol. The van der Waals surface area contributed by atoms with Crippen LogP contribution in [0.2, 0.25) is 0 Å². The van der Waals surface area contributed by atoms with E-state index in [0.717, 1.165) is 12.8 Å². The van der Waals surface area contributed by atoms with Crippen LogP contribution in [0.3, 0.4) is 0 Å². The molecule has 2 aromatic carbocycles. The standard InChI is InChI=1S/C16H17NO2/c1-2-19-16(18)17-14-9-12-7-3-5-11-6-4-8-13(10-14)15(11)12/h3-8,14H,2,9-10H2,1H3,(H,17,18). The predicted octanol–water partition coefficient (Wildman–Crippen LogP) is 3.05. The zero-order valence-electron chi connectivity index (χ0n) is 11.0. The third-order valence-corrected chi connectivity index (χ3v) is 3.61. The zero-order chi connectivity index (χ0) is 13.2. The maximum absolute atomic E-state index is 11.5. The van der Waals surface area contributed by atoms with Crippen LogP contribution < -0.4 is 5.32 Å². The maximum atomic E-state index is 11.5. The van der Waals surface area contributed by atoms with Gasteiger partial charge in [0.2, 0.25) is 0 Å². The number of alkyl carbamates (subject to hydrolysis) is 1. The molecule has 0 spiro atoms. The van der Waals surface area contributed by atoms with Gasteiger partial charge in [-0.1, -0.05) is 36.4 Å². The number of hydrogen-bond acceptors (Lipinski definition) is 2. The van der Waals surface area contributed by atoms with E-state index in [4.69, 9.17) is 4.74 Å². The fraction of sp³-hybridized carbons (Fsp3) is 0.312. The molecule has 98 valence electrons. The molecule has 0 bridgehead atoms. The first-order chi connectivity index (χ1) is 9.28. The van der Waals surface area contributed by atoms with Crippen molar-refractivity contribution < 1.29 is 9.53 Å². The topological polar surface area (TPSA) is 38.3 Å². The van der Waals surface area contributed by atoms with E-state index in [1.807, 2.05) is 6.92 Å². The molecular weight excluding hydrogens is 238 g/mol. The van der Waals surface area contributed by atoms with E-state index in [1.165, 1.54) is 21.9 Å². The molecule has 1 aliphatic rings. The second kappa shape index (κ2) is 4.92. The lowest BCUT2D eigenvalue weighted by Crippen LogP contribution is -2.39. The van der Waals surface area contributed by atoms with Crippen molar-refractivity contribution in [3.63, 3.8) is 0 Å². The lowest BCUT2D eigenvalue weighted by atomic mass is 9.86. The van der Waals surface area contributed by atoms with Crippen LogP contribution in [-0.4, -0.2) is 18.7 Å². The summed E-state index contributed by atoms with van der Waals surface area (Å²) in [5.74, 6) is 0. The molecule has 0 saturated heterocycles. The number of carbonyl (C=O) groups excluding carboxylic acids is 1. The van der Waals surface area contributed by atoms with E-state index < -0.39 is 0 Å². The Kier molecular flexibility index (Phi) is 3.11. The monoisotopic (exact) mass is 255 g/mol. The summed E-state index contributed by atoms with van der Waals surface area (Å²) in [6, 6.07) is 12.8. The molecule has 0 radical (unpaired) electrons. The van der Waals surface area contributed by atoms with Crippen LogP contribution in [0.5, 0.6) is 0 Å². The number of ether oxygens (including phenoxy) is 1. The molecule has 2 aromatic rings. The van der Waals surface area contributed by atoms with Crippen molar-refractivity contribution in [2.75, 3.05) is 6.61 Å². The molecule has 1 amide bonds. The quantitative estimate of drug-likeness (QED) is 0.895. The van der Waals surface area contributed by atoms with Crippen molar-refractivity contribution in [1.82, 2.24) is 5.32 Å². The van der Waals surface area contributed by atoms with Gasteiger partial charge in [0.05, 0.1) is 6.61 Å². The molecule has 1 aliphatic carbocycles. The molecule has 0 aliphatic heterocycles. The average Bonchev–Trinajstić information content (AvgIpc) is 2.39. The van der Waals surface area contributed by atoms with Gasteiger partial charge in [0, 0.05) is 6.04 Å². The van der Waals surface area contributed by atoms with E-state index >= 15 is 0 Å². The highest BCUT2D eigenvalue weighted by atomic mass is 16.5. The minimum atomic E-state index is -0.320. The van der Waals surface area contributed by atoms with Crippen molar-refractivity contribution in [2.24, 2.45) is 0 Å². The first-order valence-corrected chi connectivity index (χ1v) is 6.70. The van der Waals surface area contributed by atoms with Gasteiger partial charge < -0.3 is 10.1 Å². The largest absolute Gasteiger partial charge is 0.450 e. The number of carbonyl (C=O) groups is 1. The highest BCUT2D eigenvalue weighted by molar-refractivity contribution is 5.90. The van der Waals surface area contributed by atoms with Crippen LogP contribution in [-0.2, 0) is 17.6 Å². The molecule has 0 atom stereocenters. The summed E-state index contributed by atoms with van der Waals surface area (Å²) >= 11 is 0. The molecule has 0 unspecified atom stereocenters. The number of benzene rings is 2. The normalized spacial score (nSPS) is 14.4. The third-order valence-electron chi connectivity index (χ3n) is 3.61. The predicted molar refractivity (Wildman–Crippen MR) is 75.3 cm³/mol. The molecular formula is C16H17NO2. The zero-order valence-corrected chi connectivity index (χ0v) is 11.0. The Morgan fingerprint density at radius 1 is 1.21 bits per heavy atom. The van der Waals surface area contributed by atoms with Crippen molar-refractivity contribution in [3.8, 4) is 0 Å². The van der Waals surface area contributed by atoms with Gasteiger partial charge in [-0.15, -0.1) is 0 Å². The Labute approximate surface area is 112 Å². The number of amides is 1. The van der Waals surface area contributed by atoms with Crippen molar-refractivity contribution in [1.29, 1.82) is 0 Å². The lowest BCUT2D eigenvalue weighted by Gasteiger charge is -2.25. The first kappa shape index (κ1) is 12.0. The van der Waals surface area contributed by atoms with E-state index in [2.05, 4.69) is 41.7 Å². The molecule has 0 aromatic heterocycles. The van der Waals surface area contributed by atoms with Gasteiger partial charge in [0.25, 0.3) is 0 Å². The summed E-state index contributed by atoms with van der Waals surface area (Å²) in [6.45, 7) is 2.22. The van der Waals surface area contributed by atoms with Gasteiger partial charge in [-0.05, 0) is 41.7 Å². The minimum Gasteiger partial charge on any atom is -0.450 e. The SMILES string of the molecule is CCOC(=O)NC1Cc2cccc3cccc(c23)C1. The highest BCUT2D eigenvalue weighted by Crippen LogP contribution is 2.29. The maximum Gasteiger partial charge on any atom is 0.407 e. The second-order valence-electron chi connectivity index (χ2n) is 4.90. The molecule has 3 nitrogen and oxygen atoms in total. The summed E-state index contributed by atoms with van der Waals surface area (Å²) in [7, 11) is 0. The van der Waals surface area contributed by atoms with Gasteiger partial charge in [-0.2, -0.15) is 0 Å². The van der Waals surface area contributed by atoms with Gasteiger partial charge in [0.1, 0.15) is 0 Å². The summed E-state index contributed by atoms with van der Waals surface area (Å²) < 4.78 is 4.96. The summed E-state index contributed by atoms with van der Waals surface area (Å²) in [6.07, 6.45) is 1.42. The van der Waals surface area contributed by atoms with Crippen LogP contribution in [0, 0.1) is 0 Å². The van der Waals surface area contributed by atoms with Crippen LogP contribution >= 0.6 is 0 Å². The molecule has 1 N–H and O–H groups in total. The Balaban J connectivity index is 1.88. The summed E-state index contributed by atoms with van der Waals surface area (Å²) in [5.41, 5.74) is 2.61. The number of rotatable bonds is 2. The van der Waals surface area contributed by atoms with Crippen LogP contribution in [0.25, 0.3) is 10.8 Å². The van der Waals surface area contributed by atoms with E-state index in [9.17, 15) is 4.79 Å². The van der Waals surface area contributed by atoms with Crippen molar-refractivity contribution in [2.45, 2.75) is 25.8 Å². The summed E-state index contributed by atoms with van der Waals surface area (Å²) in [4.78, 5) is 11.5. The highest BCUT2D eigenvalue weighted by Gasteiger charge is 2.21. The number of hydrogen-bond donors (Lipinski definition) is 1. The number of nitrogens with one attached hydrogen (secondary N) is 1. The molecule has 0 fully saturated rings. The Morgan fingerprint density at radius 2 is 1.84 bits per heavy atom.